The average Bonchev–Trinajstić information content (AvgIpc) is 2.97. The van der Waals surface area contributed by atoms with Crippen LogP contribution in [0.1, 0.15) is 32.1 Å². The maximum absolute atomic E-state index is 12.7. The summed E-state index contributed by atoms with van der Waals surface area (Å²) in [5.41, 5.74) is 1.21. The summed E-state index contributed by atoms with van der Waals surface area (Å²) in [4.78, 5) is 40.3. The first-order valence-electron chi connectivity index (χ1n) is 13.0. The zero-order valence-electron chi connectivity index (χ0n) is 22.1. The first-order valence-corrected chi connectivity index (χ1v) is 13.0. The molecule has 0 saturated heterocycles. The van der Waals surface area contributed by atoms with Gasteiger partial charge in [0.2, 0.25) is 0 Å². The Balaban J connectivity index is 1.38. The largest absolute Gasteiger partial charge is 0.491 e. The summed E-state index contributed by atoms with van der Waals surface area (Å²) in [6.07, 6.45) is 0. The van der Waals surface area contributed by atoms with E-state index in [2.05, 4.69) is 15.6 Å². The van der Waals surface area contributed by atoms with Gasteiger partial charge in [-0.15, -0.1) is 0 Å². The number of carbonyl (C=O) groups excluding carboxylic acids is 2. The zero-order chi connectivity index (χ0) is 28.0. The molecule has 212 valence electrons. The van der Waals surface area contributed by atoms with Crippen LogP contribution in [0.25, 0.3) is 0 Å². The average molecular weight is 552 g/mol. The van der Waals surface area contributed by atoms with Crippen molar-refractivity contribution in [3.63, 3.8) is 0 Å². The van der Waals surface area contributed by atoms with E-state index in [-0.39, 0.29) is 24.5 Å². The first kappa shape index (κ1) is 28.8. The van der Waals surface area contributed by atoms with Crippen LogP contribution in [0.3, 0.4) is 0 Å². The van der Waals surface area contributed by atoms with Crippen molar-refractivity contribution in [2.24, 2.45) is 0 Å². The van der Waals surface area contributed by atoms with E-state index in [1.165, 1.54) is 0 Å². The van der Waals surface area contributed by atoms with Crippen molar-refractivity contribution in [1.29, 1.82) is 0 Å². The molecule has 5 heterocycles. The maximum Gasteiger partial charge on any atom is 0.268 e. The SMILES string of the molecule is O=C1NCc2ccc(cc2)OCCOCCOCCOCCOc2ccc(cc2)CNC(=O)c2cc(=O)cc1[nH]2. The van der Waals surface area contributed by atoms with Crippen molar-refractivity contribution in [3.05, 3.63) is 93.4 Å². The fraction of sp³-hybridized carbons (Fsp3) is 0.345. The third kappa shape index (κ3) is 9.53. The molecular weight excluding hydrogens is 518 g/mol. The van der Waals surface area contributed by atoms with Crippen LogP contribution < -0.4 is 25.5 Å². The molecule has 1 aromatic heterocycles. The lowest BCUT2D eigenvalue weighted by Gasteiger charge is -2.11. The molecule has 4 aliphatic rings. The van der Waals surface area contributed by atoms with Gasteiger partial charge in [0.1, 0.15) is 36.1 Å². The molecule has 2 aromatic carbocycles. The van der Waals surface area contributed by atoms with E-state index in [9.17, 15) is 14.4 Å². The highest BCUT2D eigenvalue weighted by Gasteiger charge is 2.13. The van der Waals surface area contributed by atoms with Crippen molar-refractivity contribution >= 4 is 11.8 Å². The predicted octanol–water partition coefficient (Wildman–Crippen LogP) is 2.06. The van der Waals surface area contributed by atoms with Crippen LogP contribution >= 0.6 is 0 Å². The Labute approximate surface area is 231 Å². The lowest BCUT2D eigenvalue weighted by molar-refractivity contribution is 0.00499. The van der Waals surface area contributed by atoms with Crippen molar-refractivity contribution < 1.29 is 33.3 Å². The number of hydrogen-bond donors (Lipinski definition) is 3. The molecule has 0 saturated carbocycles. The van der Waals surface area contributed by atoms with E-state index < -0.39 is 17.2 Å². The summed E-state index contributed by atoms with van der Waals surface area (Å²) in [6, 6.07) is 16.8. The first-order chi connectivity index (χ1) is 19.6. The van der Waals surface area contributed by atoms with E-state index in [0.717, 1.165) is 23.3 Å². The Kier molecular flexibility index (Phi) is 11.1. The molecule has 0 atom stereocenters. The molecule has 2 amide bonds. The van der Waals surface area contributed by atoms with Gasteiger partial charge < -0.3 is 39.3 Å². The van der Waals surface area contributed by atoms with Gasteiger partial charge in [0.05, 0.1) is 39.6 Å². The highest BCUT2D eigenvalue weighted by Crippen LogP contribution is 2.13. The molecule has 7 rings (SSSR count). The van der Waals surface area contributed by atoms with E-state index in [0.29, 0.717) is 64.4 Å². The number of nitrogens with one attached hydrogen (secondary N) is 3. The zero-order valence-corrected chi connectivity index (χ0v) is 22.1. The minimum Gasteiger partial charge on any atom is -0.491 e. The van der Waals surface area contributed by atoms with E-state index in [1.807, 2.05) is 24.3 Å². The molecule has 0 aliphatic carbocycles. The van der Waals surface area contributed by atoms with Gasteiger partial charge in [-0.25, -0.2) is 0 Å². The Morgan fingerprint density at radius 1 is 0.500 bits per heavy atom. The molecule has 0 radical (unpaired) electrons. The van der Waals surface area contributed by atoms with Gasteiger partial charge in [-0.3, -0.25) is 14.4 Å². The third-order valence-corrected chi connectivity index (χ3v) is 5.82. The summed E-state index contributed by atoms with van der Waals surface area (Å²) in [7, 11) is 0. The van der Waals surface area contributed by atoms with E-state index in [1.54, 1.807) is 24.3 Å². The van der Waals surface area contributed by atoms with Crippen molar-refractivity contribution in [2.45, 2.75) is 13.1 Å². The molecule has 0 fully saturated rings. The predicted molar refractivity (Wildman–Crippen MR) is 146 cm³/mol. The van der Waals surface area contributed by atoms with Crippen LogP contribution in [0.15, 0.2) is 65.5 Å². The molecule has 3 N–H and O–H groups in total. The molecule has 11 nitrogen and oxygen atoms in total. The summed E-state index contributed by atoms with van der Waals surface area (Å²) in [5, 5.41) is 5.51. The summed E-state index contributed by atoms with van der Waals surface area (Å²) in [6.45, 7) is 3.92. The maximum atomic E-state index is 12.7. The number of carbonyl (C=O) groups is 2. The fourth-order valence-corrected chi connectivity index (χ4v) is 3.73. The summed E-state index contributed by atoms with van der Waals surface area (Å²) >= 11 is 0. The Morgan fingerprint density at radius 2 is 0.875 bits per heavy atom. The number of H-pyrrole nitrogens is 1. The third-order valence-electron chi connectivity index (χ3n) is 5.82. The van der Waals surface area contributed by atoms with Crippen molar-refractivity contribution in [2.75, 3.05) is 52.9 Å². The minimum atomic E-state index is -0.506. The van der Waals surface area contributed by atoms with Gasteiger partial charge in [-0.05, 0) is 35.4 Å². The van der Waals surface area contributed by atoms with E-state index in [4.69, 9.17) is 23.7 Å². The van der Waals surface area contributed by atoms with Crippen molar-refractivity contribution in [1.82, 2.24) is 15.6 Å². The molecule has 4 aliphatic heterocycles. The number of aromatic nitrogens is 1. The number of pyridine rings is 1. The fourth-order valence-electron chi connectivity index (χ4n) is 3.73. The number of hydrogen-bond acceptors (Lipinski definition) is 8. The number of ether oxygens (including phenoxy) is 5. The van der Waals surface area contributed by atoms with Crippen LogP contribution in [0, 0.1) is 0 Å². The highest BCUT2D eigenvalue weighted by molar-refractivity contribution is 5.96. The van der Waals surface area contributed by atoms with Crippen molar-refractivity contribution in [3.8, 4) is 11.5 Å². The number of aromatic amines is 1. The Hall–Kier alpha value is -4.19. The second kappa shape index (κ2) is 15.4. The van der Waals surface area contributed by atoms with Crippen LogP contribution in [0.5, 0.6) is 11.5 Å². The van der Waals surface area contributed by atoms with Crippen LogP contribution in [-0.4, -0.2) is 69.7 Å². The Morgan fingerprint density at radius 3 is 1.27 bits per heavy atom. The number of benzene rings is 2. The monoisotopic (exact) mass is 551 g/mol. The second-order valence-electron chi connectivity index (χ2n) is 8.83. The van der Waals surface area contributed by atoms with Gasteiger partial charge in [0, 0.05) is 25.2 Å². The van der Waals surface area contributed by atoms with Crippen LogP contribution in [0.4, 0.5) is 0 Å². The molecule has 3 aromatic rings. The van der Waals surface area contributed by atoms with Gasteiger partial charge >= 0.3 is 0 Å². The lowest BCUT2D eigenvalue weighted by atomic mass is 10.2. The molecule has 6 bridgehead atoms. The molecule has 11 heteroatoms. The van der Waals surface area contributed by atoms with Gasteiger partial charge in [0.25, 0.3) is 11.8 Å². The second-order valence-corrected chi connectivity index (χ2v) is 8.83. The normalized spacial score (nSPS) is 16.7. The van der Waals surface area contributed by atoms with Gasteiger partial charge in [-0.1, -0.05) is 24.3 Å². The molecular formula is C29H33N3O8. The topological polar surface area (TPSA) is 137 Å². The Bertz CT molecular complexity index is 1200. The minimum absolute atomic E-state index is 0.00635. The smallest absolute Gasteiger partial charge is 0.268 e. The molecule has 40 heavy (non-hydrogen) atoms. The van der Waals surface area contributed by atoms with Crippen LogP contribution in [0.2, 0.25) is 0 Å². The van der Waals surface area contributed by atoms with Crippen LogP contribution in [-0.2, 0) is 27.3 Å². The standard InChI is InChI=1S/C29H33N3O8/c33-23-17-26-28(34)30-19-21-1-5-24(6-2-21)39-15-13-37-11-9-36-10-12-38-14-16-40-25-7-3-22(4-8-25)20-31-29(35)27(18-23)32-26/h1-8,17-18H,9-16,19-20H2,(H,30,34)(H,31,35)(H,32,33). The summed E-state index contributed by atoms with van der Waals surface area (Å²) < 4.78 is 27.9. The van der Waals surface area contributed by atoms with Gasteiger partial charge in [-0.2, -0.15) is 0 Å². The van der Waals surface area contributed by atoms with E-state index >= 15 is 0 Å². The van der Waals surface area contributed by atoms with Gasteiger partial charge in [0.15, 0.2) is 5.43 Å². The summed E-state index contributed by atoms with van der Waals surface area (Å²) in [5.74, 6) is 0.340. The lowest BCUT2D eigenvalue weighted by Crippen LogP contribution is -2.29. The molecule has 0 spiro atoms. The number of rotatable bonds is 0. The highest BCUT2D eigenvalue weighted by atomic mass is 16.6. The number of amides is 2. The molecule has 0 unspecified atom stereocenters. The quantitative estimate of drug-likeness (QED) is 0.386.